The lowest BCUT2D eigenvalue weighted by Crippen LogP contribution is -2.49. The van der Waals surface area contributed by atoms with Gasteiger partial charge < -0.3 is 19.9 Å². The number of rotatable bonds is 7. The normalized spacial score (nSPS) is 15.6. The highest BCUT2D eigenvalue weighted by Crippen LogP contribution is 2.34. The molecule has 3 amide bonds. The van der Waals surface area contributed by atoms with Crippen LogP contribution in [0.5, 0.6) is 5.75 Å². The van der Waals surface area contributed by atoms with Gasteiger partial charge in [-0.3, -0.25) is 4.79 Å². The van der Waals surface area contributed by atoms with Gasteiger partial charge in [0, 0.05) is 24.5 Å². The number of carbonyl (C=O) groups excluding carboxylic acids is 2. The Morgan fingerprint density at radius 3 is 2.79 bits per heavy atom. The zero-order valence-electron chi connectivity index (χ0n) is 17.3. The Hall–Kier alpha value is -2.54. The number of ether oxygens (including phenoxy) is 1. The van der Waals surface area contributed by atoms with Crippen LogP contribution in [0.2, 0.25) is 0 Å². The molecule has 1 aliphatic rings. The zero-order valence-corrected chi connectivity index (χ0v) is 18.1. The Labute approximate surface area is 176 Å². The molecule has 2 heterocycles. The lowest BCUT2D eigenvalue weighted by atomic mass is 10.0. The van der Waals surface area contributed by atoms with Gasteiger partial charge in [-0.2, -0.15) is 0 Å². The van der Waals surface area contributed by atoms with Gasteiger partial charge >= 0.3 is 6.03 Å². The molecule has 29 heavy (non-hydrogen) atoms. The van der Waals surface area contributed by atoms with E-state index < -0.39 is 0 Å². The Bertz CT molecular complexity index is 851. The Balaban J connectivity index is 1.76. The van der Waals surface area contributed by atoms with E-state index in [1.807, 2.05) is 49.9 Å². The molecule has 1 unspecified atom stereocenters. The van der Waals surface area contributed by atoms with Gasteiger partial charge in [-0.1, -0.05) is 18.2 Å². The Kier molecular flexibility index (Phi) is 7.14. The first kappa shape index (κ1) is 21.2. The average molecular weight is 416 g/mol. The molecule has 7 heteroatoms. The topological polar surface area (TPSA) is 61.9 Å². The number of fused-ring (bicyclic) bond motifs is 1. The van der Waals surface area contributed by atoms with E-state index in [1.54, 1.807) is 16.2 Å². The molecule has 1 aromatic carbocycles. The molecule has 0 fully saturated rings. The fourth-order valence-electron chi connectivity index (χ4n) is 3.61. The van der Waals surface area contributed by atoms with Gasteiger partial charge in [-0.15, -0.1) is 11.3 Å². The highest BCUT2D eigenvalue weighted by atomic mass is 32.1. The fraction of sp³-hybridized carbons (Fsp3) is 0.455. The molecule has 1 aliphatic heterocycles. The van der Waals surface area contributed by atoms with Crippen LogP contribution in [0.25, 0.3) is 0 Å². The molecule has 0 spiro atoms. The molecule has 0 radical (unpaired) electrons. The predicted octanol–water partition coefficient (Wildman–Crippen LogP) is 3.61. The summed E-state index contributed by atoms with van der Waals surface area (Å²) in [6.07, 6.45) is 0.840. The first-order valence-corrected chi connectivity index (χ1v) is 11.0. The summed E-state index contributed by atoms with van der Waals surface area (Å²) in [5, 5.41) is 4.85. The zero-order chi connectivity index (χ0) is 20.8. The van der Waals surface area contributed by atoms with Gasteiger partial charge in [-0.25, -0.2) is 4.79 Å². The van der Waals surface area contributed by atoms with Crippen molar-refractivity contribution in [2.24, 2.45) is 0 Å². The standard InChI is InChI=1S/C22H29N3O3S/c1-4-23-22(27)24(5-2)14-21(26)25-12-10-20-17(11-13-29-20)18(25)15-28-19-9-7-6-8-16(19)3/h6-9,11,13,18H,4-5,10,12,14-15H2,1-3H3,(H,23,27). The third-order valence-corrected chi connectivity index (χ3v) is 6.23. The molecule has 2 aromatic rings. The van der Waals surface area contributed by atoms with E-state index in [0.29, 0.717) is 26.2 Å². The second kappa shape index (κ2) is 9.78. The number of nitrogens with one attached hydrogen (secondary N) is 1. The van der Waals surface area contributed by atoms with Crippen LogP contribution in [0, 0.1) is 6.92 Å². The summed E-state index contributed by atoms with van der Waals surface area (Å²) in [5.74, 6) is 0.785. The van der Waals surface area contributed by atoms with E-state index >= 15 is 0 Å². The monoisotopic (exact) mass is 415 g/mol. The van der Waals surface area contributed by atoms with Crippen molar-refractivity contribution in [1.29, 1.82) is 0 Å². The summed E-state index contributed by atoms with van der Waals surface area (Å²) in [5.41, 5.74) is 2.23. The minimum atomic E-state index is -0.204. The highest BCUT2D eigenvalue weighted by molar-refractivity contribution is 7.10. The van der Waals surface area contributed by atoms with Gasteiger partial charge in [0.1, 0.15) is 18.9 Å². The molecule has 1 atom stereocenters. The average Bonchev–Trinajstić information content (AvgIpc) is 3.20. The van der Waals surface area contributed by atoms with Crippen molar-refractivity contribution < 1.29 is 14.3 Å². The number of likely N-dealkylation sites (N-methyl/N-ethyl adjacent to an activating group) is 1. The lowest BCUT2D eigenvalue weighted by molar-refractivity contribution is -0.135. The van der Waals surface area contributed by atoms with Crippen LogP contribution in [0.3, 0.4) is 0 Å². The van der Waals surface area contributed by atoms with Crippen LogP contribution in [0.4, 0.5) is 4.79 Å². The van der Waals surface area contributed by atoms with Crippen molar-refractivity contribution in [3.63, 3.8) is 0 Å². The Morgan fingerprint density at radius 2 is 2.07 bits per heavy atom. The van der Waals surface area contributed by atoms with Crippen molar-refractivity contribution in [3.05, 3.63) is 51.7 Å². The van der Waals surface area contributed by atoms with Crippen molar-refractivity contribution >= 4 is 23.3 Å². The second-order valence-electron chi connectivity index (χ2n) is 7.08. The van der Waals surface area contributed by atoms with Crippen LogP contribution in [-0.4, -0.2) is 54.5 Å². The lowest BCUT2D eigenvalue weighted by Gasteiger charge is -2.37. The molecule has 0 bridgehead atoms. The summed E-state index contributed by atoms with van der Waals surface area (Å²) in [7, 11) is 0. The molecule has 1 aromatic heterocycles. The molecule has 0 saturated carbocycles. The molecule has 0 aliphatic carbocycles. The van der Waals surface area contributed by atoms with Gasteiger partial charge in [0.25, 0.3) is 0 Å². The minimum absolute atomic E-state index is 0.0478. The van der Waals surface area contributed by atoms with Crippen LogP contribution in [-0.2, 0) is 11.2 Å². The van der Waals surface area contributed by atoms with Gasteiger partial charge in [0.05, 0.1) is 6.04 Å². The number of para-hydroxylation sites is 1. The molecule has 0 saturated heterocycles. The SMILES string of the molecule is CCNC(=O)N(CC)CC(=O)N1CCc2sccc2C1COc1ccccc1C. The maximum Gasteiger partial charge on any atom is 0.317 e. The molecular weight excluding hydrogens is 386 g/mol. The van der Waals surface area contributed by atoms with Crippen molar-refractivity contribution in [2.45, 2.75) is 33.2 Å². The largest absolute Gasteiger partial charge is 0.491 e. The molecule has 1 N–H and O–H groups in total. The molecule has 156 valence electrons. The molecular formula is C22H29N3O3S. The summed E-state index contributed by atoms with van der Waals surface area (Å²) in [4.78, 5) is 30.1. The third-order valence-electron chi connectivity index (χ3n) is 5.23. The van der Waals surface area contributed by atoms with E-state index in [9.17, 15) is 9.59 Å². The summed E-state index contributed by atoms with van der Waals surface area (Å²) in [6.45, 7) is 7.90. The summed E-state index contributed by atoms with van der Waals surface area (Å²) < 4.78 is 6.12. The summed E-state index contributed by atoms with van der Waals surface area (Å²) >= 11 is 1.73. The quantitative estimate of drug-likeness (QED) is 0.751. The van der Waals surface area contributed by atoms with E-state index in [1.165, 1.54) is 4.88 Å². The van der Waals surface area contributed by atoms with Gasteiger partial charge in [0.15, 0.2) is 0 Å². The van der Waals surface area contributed by atoms with Crippen LogP contribution in [0.15, 0.2) is 35.7 Å². The number of carbonyl (C=O) groups is 2. The van der Waals surface area contributed by atoms with Crippen LogP contribution in [0.1, 0.15) is 35.9 Å². The van der Waals surface area contributed by atoms with Gasteiger partial charge in [-0.05, 0) is 55.8 Å². The Morgan fingerprint density at radius 1 is 1.28 bits per heavy atom. The molecule has 6 nitrogen and oxygen atoms in total. The van der Waals surface area contributed by atoms with E-state index in [2.05, 4.69) is 16.8 Å². The number of urea groups is 1. The van der Waals surface area contributed by atoms with E-state index in [-0.39, 0.29) is 24.5 Å². The van der Waals surface area contributed by atoms with Crippen molar-refractivity contribution in [3.8, 4) is 5.75 Å². The predicted molar refractivity (Wildman–Crippen MR) is 115 cm³/mol. The first-order chi connectivity index (χ1) is 14.0. The number of benzene rings is 1. The third kappa shape index (κ3) is 4.90. The number of hydrogen-bond acceptors (Lipinski definition) is 4. The molecule has 3 rings (SSSR count). The van der Waals surface area contributed by atoms with Crippen molar-refractivity contribution in [2.75, 3.05) is 32.8 Å². The maximum absolute atomic E-state index is 13.1. The summed E-state index contributed by atoms with van der Waals surface area (Å²) in [6, 6.07) is 9.64. The fourth-order valence-corrected chi connectivity index (χ4v) is 4.53. The van der Waals surface area contributed by atoms with E-state index in [4.69, 9.17) is 4.74 Å². The van der Waals surface area contributed by atoms with Crippen molar-refractivity contribution in [1.82, 2.24) is 15.1 Å². The number of hydrogen-bond donors (Lipinski definition) is 1. The maximum atomic E-state index is 13.1. The minimum Gasteiger partial charge on any atom is -0.491 e. The van der Waals surface area contributed by atoms with Crippen LogP contribution >= 0.6 is 11.3 Å². The number of thiophene rings is 1. The van der Waals surface area contributed by atoms with Gasteiger partial charge in [0.2, 0.25) is 5.91 Å². The highest BCUT2D eigenvalue weighted by Gasteiger charge is 2.33. The van der Waals surface area contributed by atoms with Crippen LogP contribution < -0.4 is 10.1 Å². The van der Waals surface area contributed by atoms with E-state index in [0.717, 1.165) is 23.3 Å². The smallest absolute Gasteiger partial charge is 0.317 e. The second-order valence-corrected chi connectivity index (χ2v) is 8.08. The number of aryl methyl sites for hydroxylation is 1. The number of amides is 3. The number of nitrogens with zero attached hydrogens (tertiary/aromatic N) is 2. The first-order valence-electron chi connectivity index (χ1n) is 10.1.